The van der Waals surface area contributed by atoms with Crippen LogP contribution in [0, 0.1) is 0 Å². The van der Waals surface area contributed by atoms with Crippen LogP contribution in [0.25, 0.3) is 0 Å². The van der Waals surface area contributed by atoms with Crippen LogP contribution in [0.2, 0.25) is 0 Å². The predicted octanol–water partition coefficient (Wildman–Crippen LogP) is 2.18. The Hall–Kier alpha value is -1.32. The van der Waals surface area contributed by atoms with Crippen molar-refractivity contribution in [2.75, 3.05) is 18.0 Å². The Bertz CT molecular complexity index is 340. The van der Waals surface area contributed by atoms with Crippen LogP contribution in [0.15, 0.2) is 17.2 Å². The van der Waals surface area contributed by atoms with Gasteiger partial charge in [-0.1, -0.05) is 26.7 Å². The van der Waals surface area contributed by atoms with E-state index in [2.05, 4.69) is 28.7 Å². The predicted molar refractivity (Wildman–Crippen MR) is 66.9 cm³/mol. The highest BCUT2D eigenvalue weighted by atomic mass is 16.1. The molecule has 0 bridgehead atoms. The van der Waals surface area contributed by atoms with Gasteiger partial charge in [-0.3, -0.25) is 4.79 Å². The number of aromatic nitrogens is 2. The van der Waals surface area contributed by atoms with Gasteiger partial charge in [-0.15, -0.1) is 0 Å². The molecule has 0 aliphatic heterocycles. The molecule has 16 heavy (non-hydrogen) atoms. The molecule has 0 aliphatic rings. The molecule has 1 heterocycles. The van der Waals surface area contributed by atoms with Gasteiger partial charge >= 0.3 is 0 Å². The average Bonchev–Trinajstić information content (AvgIpc) is 2.31. The number of rotatable bonds is 7. The van der Waals surface area contributed by atoms with Crippen molar-refractivity contribution in [2.24, 2.45) is 0 Å². The van der Waals surface area contributed by atoms with Gasteiger partial charge in [-0.2, -0.15) is 0 Å². The van der Waals surface area contributed by atoms with E-state index < -0.39 is 0 Å². The van der Waals surface area contributed by atoms with Gasteiger partial charge in [-0.25, -0.2) is 4.98 Å². The zero-order valence-electron chi connectivity index (χ0n) is 10.2. The Balaban J connectivity index is 2.74. The monoisotopic (exact) mass is 223 g/mol. The smallest absolute Gasteiger partial charge is 0.290 e. The number of nitrogens with zero attached hydrogens (tertiary/aromatic N) is 2. The standard InChI is InChI=1S/C12H21N3O/c1-3-5-9-15(10-6-4-2)11-12(16)14-8-7-13-11/h7-8H,3-6,9-10H2,1-2H3,(H,14,16). The molecular formula is C12H21N3O. The van der Waals surface area contributed by atoms with E-state index >= 15 is 0 Å². The molecule has 0 unspecified atom stereocenters. The summed E-state index contributed by atoms with van der Waals surface area (Å²) in [4.78, 5) is 20.6. The number of hydrogen-bond acceptors (Lipinski definition) is 3. The molecular weight excluding hydrogens is 202 g/mol. The summed E-state index contributed by atoms with van der Waals surface area (Å²) < 4.78 is 0. The van der Waals surface area contributed by atoms with E-state index in [4.69, 9.17) is 0 Å². The summed E-state index contributed by atoms with van der Waals surface area (Å²) in [5, 5.41) is 0. The molecule has 90 valence electrons. The number of nitrogens with one attached hydrogen (secondary N) is 1. The molecule has 0 amide bonds. The van der Waals surface area contributed by atoms with Gasteiger partial charge in [0.2, 0.25) is 0 Å². The second kappa shape index (κ2) is 7.04. The molecule has 0 fully saturated rings. The minimum absolute atomic E-state index is 0.0882. The first-order chi connectivity index (χ1) is 7.79. The number of unbranched alkanes of at least 4 members (excludes halogenated alkanes) is 2. The van der Waals surface area contributed by atoms with Gasteiger partial charge in [0, 0.05) is 25.5 Å². The van der Waals surface area contributed by atoms with Gasteiger partial charge in [0.15, 0.2) is 5.82 Å². The largest absolute Gasteiger partial charge is 0.352 e. The molecule has 1 N–H and O–H groups in total. The van der Waals surface area contributed by atoms with Gasteiger partial charge in [0.1, 0.15) is 0 Å². The molecule has 4 heteroatoms. The lowest BCUT2D eigenvalue weighted by atomic mass is 10.2. The zero-order chi connectivity index (χ0) is 11.8. The van der Waals surface area contributed by atoms with E-state index in [0.717, 1.165) is 38.8 Å². The van der Waals surface area contributed by atoms with Crippen molar-refractivity contribution in [1.82, 2.24) is 9.97 Å². The van der Waals surface area contributed by atoms with Crippen LogP contribution in [0.1, 0.15) is 39.5 Å². The number of anilines is 1. The molecule has 0 saturated heterocycles. The summed E-state index contributed by atoms with van der Waals surface area (Å²) >= 11 is 0. The first-order valence-corrected chi connectivity index (χ1v) is 6.08. The summed E-state index contributed by atoms with van der Waals surface area (Å²) in [6.07, 6.45) is 7.67. The van der Waals surface area contributed by atoms with Crippen LogP contribution in [-0.4, -0.2) is 23.1 Å². The van der Waals surface area contributed by atoms with Gasteiger partial charge in [0.25, 0.3) is 5.56 Å². The topological polar surface area (TPSA) is 49.0 Å². The van der Waals surface area contributed by atoms with Crippen molar-refractivity contribution >= 4 is 5.82 Å². The fourth-order valence-corrected chi connectivity index (χ4v) is 1.59. The fourth-order valence-electron chi connectivity index (χ4n) is 1.59. The molecule has 0 aromatic carbocycles. The zero-order valence-corrected chi connectivity index (χ0v) is 10.2. The Morgan fingerprint density at radius 2 is 1.88 bits per heavy atom. The SMILES string of the molecule is CCCCN(CCCC)c1ncc[nH]c1=O. The number of hydrogen-bond donors (Lipinski definition) is 1. The minimum Gasteiger partial charge on any atom is -0.352 e. The molecule has 0 atom stereocenters. The maximum atomic E-state index is 11.6. The Morgan fingerprint density at radius 3 is 2.38 bits per heavy atom. The van der Waals surface area contributed by atoms with Gasteiger partial charge in [0.05, 0.1) is 0 Å². The summed E-state index contributed by atoms with van der Waals surface area (Å²) in [6.45, 7) is 6.13. The highest BCUT2D eigenvalue weighted by molar-refractivity contribution is 5.34. The van der Waals surface area contributed by atoms with E-state index in [1.165, 1.54) is 0 Å². The van der Waals surface area contributed by atoms with Crippen LogP contribution in [0.5, 0.6) is 0 Å². The van der Waals surface area contributed by atoms with Gasteiger partial charge < -0.3 is 9.88 Å². The lowest BCUT2D eigenvalue weighted by Crippen LogP contribution is -2.32. The Morgan fingerprint density at radius 1 is 1.25 bits per heavy atom. The lowest BCUT2D eigenvalue weighted by Gasteiger charge is -2.22. The third-order valence-corrected chi connectivity index (χ3v) is 2.55. The van der Waals surface area contributed by atoms with Crippen LogP contribution >= 0.6 is 0 Å². The summed E-state index contributed by atoms with van der Waals surface area (Å²) in [5.74, 6) is 0.560. The van der Waals surface area contributed by atoms with Crippen LogP contribution in [0.3, 0.4) is 0 Å². The highest BCUT2D eigenvalue weighted by Gasteiger charge is 2.10. The number of aromatic amines is 1. The first kappa shape index (κ1) is 12.7. The van der Waals surface area contributed by atoms with Crippen molar-refractivity contribution in [3.8, 4) is 0 Å². The lowest BCUT2D eigenvalue weighted by molar-refractivity contribution is 0.667. The molecule has 1 rings (SSSR count). The second-order valence-electron chi connectivity index (χ2n) is 3.94. The molecule has 0 saturated carbocycles. The van der Waals surface area contributed by atoms with Crippen molar-refractivity contribution in [1.29, 1.82) is 0 Å². The molecule has 1 aromatic rings. The first-order valence-electron chi connectivity index (χ1n) is 6.08. The minimum atomic E-state index is -0.0882. The van der Waals surface area contributed by atoms with Gasteiger partial charge in [-0.05, 0) is 12.8 Å². The Kier molecular flexibility index (Phi) is 5.61. The quantitative estimate of drug-likeness (QED) is 0.770. The molecule has 0 aliphatic carbocycles. The second-order valence-corrected chi connectivity index (χ2v) is 3.94. The molecule has 0 radical (unpaired) electrons. The fraction of sp³-hybridized carbons (Fsp3) is 0.667. The summed E-state index contributed by atoms with van der Waals surface area (Å²) in [5.41, 5.74) is -0.0882. The normalized spacial score (nSPS) is 10.4. The molecule has 4 nitrogen and oxygen atoms in total. The third-order valence-electron chi connectivity index (χ3n) is 2.55. The van der Waals surface area contributed by atoms with E-state index in [-0.39, 0.29) is 5.56 Å². The average molecular weight is 223 g/mol. The van der Waals surface area contributed by atoms with E-state index in [1.807, 2.05) is 0 Å². The van der Waals surface area contributed by atoms with Crippen LogP contribution in [-0.2, 0) is 0 Å². The van der Waals surface area contributed by atoms with E-state index in [0.29, 0.717) is 5.82 Å². The van der Waals surface area contributed by atoms with Crippen molar-refractivity contribution in [3.05, 3.63) is 22.7 Å². The number of H-pyrrole nitrogens is 1. The van der Waals surface area contributed by atoms with Crippen molar-refractivity contribution < 1.29 is 0 Å². The Labute approximate surface area is 96.7 Å². The third kappa shape index (κ3) is 3.68. The maximum absolute atomic E-state index is 11.6. The van der Waals surface area contributed by atoms with E-state index in [1.54, 1.807) is 12.4 Å². The maximum Gasteiger partial charge on any atom is 0.290 e. The van der Waals surface area contributed by atoms with Crippen LogP contribution < -0.4 is 10.5 Å². The van der Waals surface area contributed by atoms with Crippen molar-refractivity contribution in [3.63, 3.8) is 0 Å². The molecule has 0 spiro atoms. The van der Waals surface area contributed by atoms with E-state index in [9.17, 15) is 4.79 Å². The summed E-state index contributed by atoms with van der Waals surface area (Å²) in [6, 6.07) is 0. The summed E-state index contributed by atoms with van der Waals surface area (Å²) in [7, 11) is 0. The highest BCUT2D eigenvalue weighted by Crippen LogP contribution is 2.06. The van der Waals surface area contributed by atoms with Crippen LogP contribution in [0.4, 0.5) is 5.82 Å². The molecule has 1 aromatic heterocycles. The van der Waals surface area contributed by atoms with Crippen molar-refractivity contribution in [2.45, 2.75) is 39.5 Å².